The van der Waals surface area contributed by atoms with Crippen LogP contribution in [-0.2, 0) is 0 Å². The van der Waals surface area contributed by atoms with E-state index in [4.69, 9.17) is 21.2 Å². The molecule has 0 bridgehead atoms. The van der Waals surface area contributed by atoms with Gasteiger partial charge in [-0.15, -0.1) is 0 Å². The average molecular weight is 305 g/mol. The number of aromatic nitrogens is 3. The summed E-state index contributed by atoms with van der Waals surface area (Å²) in [6, 6.07) is 4.54. The Morgan fingerprint density at radius 1 is 1.38 bits per heavy atom. The normalized spacial score (nSPS) is 10.8. The first-order chi connectivity index (χ1) is 10.1. The number of anilines is 2. The number of aromatic carboxylic acids is 1. The number of rotatable bonds is 3. The zero-order chi connectivity index (χ0) is 15.0. The molecule has 0 spiro atoms. The lowest BCUT2D eigenvalue weighted by Crippen LogP contribution is -2.00. The molecule has 2 aromatic heterocycles. The lowest BCUT2D eigenvalue weighted by Gasteiger charge is -2.07. The molecule has 0 amide bonds. The summed E-state index contributed by atoms with van der Waals surface area (Å²) in [5, 5.41) is 16.6. The SMILES string of the molecule is Cc1noc2ncnc(Nc3ccc(C(=O)O)c(Cl)c3)c12. The van der Waals surface area contributed by atoms with E-state index in [0.29, 0.717) is 28.3 Å². The van der Waals surface area contributed by atoms with Gasteiger partial charge in [0.05, 0.1) is 16.3 Å². The van der Waals surface area contributed by atoms with E-state index in [1.165, 1.54) is 18.5 Å². The molecule has 7 nitrogen and oxygen atoms in total. The molecule has 3 aromatic rings. The van der Waals surface area contributed by atoms with E-state index < -0.39 is 5.97 Å². The maximum Gasteiger partial charge on any atom is 0.337 e. The molecule has 3 rings (SSSR count). The lowest BCUT2D eigenvalue weighted by molar-refractivity contribution is 0.0697. The van der Waals surface area contributed by atoms with Gasteiger partial charge < -0.3 is 14.9 Å². The van der Waals surface area contributed by atoms with E-state index >= 15 is 0 Å². The topological polar surface area (TPSA) is 101 Å². The van der Waals surface area contributed by atoms with Crippen molar-refractivity contribution in [2.24, 2.45) is 0 Å². The number of nitrogens with zero attached hydrogens (tertiary/aromatic N) is 3. The number of hydrogen-bond acceptors (Lipinski definition) is 6. The molecule has 0 radical (unpaired) electrons. The summed E-state index contributed by atoms with van der Waals surface area (Å²) in [7, 11) is 0. The maximum absolute atomic E-state index is 10.9. The summed E-state index contributed by atoms with van der Waals surface area (Å²) in [5.74, 6) is -0.566. The predicted octanol–water partition coefficient (Wildman–Crippen LogP) is 3.02. The quantitative estimate of drug-likeness (QED) is 0.766. The molecule has 2 N–H and O–H groups in total. The summed E-state index contributed by atoms with van der Waals surface area (Å²) in [6.45, 7) is 1.78. The third-order valence-corrected chi connectivity index (χ3v) is 3.22. The minimum Gasteiger partial charge on any atom is -0.478 e. The number of nitrogens with one attached hydrogen (secondary N) is 1. The molecule has 106 valence electrons. The van der Waals surface area contributed by atoms with Crippen LogP contribution >= 0.6 is 11.6 Å². The van der Waals surface area contributed by atoms with E-state index in [-0.39, 0.29) is 10.6 Å². The van der Waals surface area contributed by atoms with Crippen molar-refractivity contribution in [3.63, 3.8) is 0 Å². The highest BCUT2D eigenvalue weighted by Crippen LogP contribution is 2.27. The van der Waals surface area contributed by atoms with Crippen molar-refractivity contribution in [1.29, 1.82) is 0 Å². The lowest BCUT2D eigenvalue weighted by atomic mass is 10.2. The molecule has 0 aliphatic heterocycles. The fraction of sp³-hybridized carbons (Fsp3) is 0.0769. The number of carboxylic acids is 1. The highest BCUT2D eigenvalue weighted by Gasteiger charge is 2.13. The minimum absolute atomic E-state index is 0.0382. The Bertz CT molecular complexity index is 847. The van der Waals surface area contributed by atoms with Crippen LogP contribution in [-0.4, -0.2) is 26.2 Å². The zero-order valence-corrected chi connectivity index (χ0v) is 11.5. The molecule has 0 saturated carbocycles. The monoisotopic (exact) mass is 304 g/mol. The number of carbonyl (C=O) groups is 1. The second kappa shape index (κ2) is 5.02. The van der Waals surface area contributed by atoms with Crippen LogP contribution in [0.2, 0.25) is 5.02 Å². The van der Waals surface area contributed by atoms with Crippen molar-refractivity contribution >= 4 is 40.2 Å². The summed E-state index contributed by atoms with van der Waals surface area (Å²) in [4.78, 5) is 19.0. The van der Waals surface area contributed by atoms with Crippen LogP contribution < -0.4 is 5.32 Å². The molecule has 0 atom stereocenters. The molecule has 0 saturated heterocycles. The number of halogens is 1. The highest BCUT2D eigenvalue weighted by atomic mass is 35.5. The molecular weight excluding hydrogens is 296 g/mol. The van der Waals surface area contributed by atoms with Gasteiger partial charge in [-0.25, -0.2) is 9.78 Å². The number of benzene rings is 1. The van der Waals surface area contributed by atoms with E-state index in [2.05, 4.69) is 20.4 Å². The third-order valence-electron chi connectivity index (χ3n) is 2.91. The van der Waals surface area contributed by atoms with Crippen molar-refractivity contribution in [3.8, 4) is 0 Å². The van der Waals surface area contributed by atoms with E-state index in [1.54, 1.807) is 13.0 Å². The molecule has 0 aliphatic carbocycles. The van der Waals surface area contributed by atoms with Gasteiger partial charge in [0.2, 0.25) is 0 Å². The Morgan fingerprint density at radius 3 is 2.90 bits per heavy atom. The van der Waals surface area contributed by atoms with Gasteiger partial charge in [-0.1, -0.05) is 16.8 Å². The Kier molecular flexibility index (Phi) is 3.19. The number of carboxylic acid groups (broad SMARTS) is 1. The van der Waals surface area contributed by atoms with Gasteiger partial charge in [0, 0.05) is 5.69 Å². The second-order valence-corrected chi connectivity index (χ2v) is 4.70. The van der Waals surface area contributed by atoms with Crippen molar-refractivity contribution in [3.05, 3.63) is 40.8 Å². The highest BCUT2D eigenvalue weighted by molar-refractivity contribution is 6.33. The Labute approximate surface area is 123 Å². The first-order valence-corrected chi connectivity index (χ1v) is 6.31. The minimum atomic E-state index is -1.08. The largest absolute Gasteiger partial charge is 0.478 e. The van der Waals surface area contributed by atoms with Crippen LogP contribution in [0, 0.1) is 6.92 Å². The smallest absolute Gasteiger partial charge is 0.337 e. The van der Waals surface area contributed by atoms with E-state index in [1.807, 2.05) is 0 Å². The average Bonchev–Trinajstić information content (AvgIpc) is 2.81. The fourth-order valence-electron chi connectivity index (χ4n) is 1.92. The van der Waals surface area contributed by atoms with Crippen molar-refractivity contribution < 1.29 is 14.4 Å². The van der Waals surface area contributed by atoms with Crippen molar-refractivity contribution in [2.45, 2.75) is 6.92 Å². The predicted molar refractivity (Wildman–Crippen MR) is 76.0 cm³/mol. The van der Waals surface area contributed by atoms with Crippen LogP contribution in [0.25, 0.3) is 11.1 Å². The van der Waals surface area contributed by atoms with Gasteiger partial charge in [0.15, 0.2) is 0 Å². The standard InChI is InChI=1S/C13H9ClN4O3/c1-6-10-11(15-5-16-12(10)21-18-6)17-7-2-3-8(13(19)20)9(14)4-7/h2-5H,1H3,(H,19,20)(H,15,16,17). The molecule has 8 heteroatoms. The van der Waals surface area contributed by atoms with Gasteiger partial charge in [-0.2, -0.15) is 4.98 Å². The Morgan fingerprint density at radius 2 is 2.19 bits per heavy atom. The van der Waals surface area contributed by atoms with Crippen LogP contribution in [0.15, 0.2) is 29.0 Å². The molecule has 0 aliphatic rings. The second-order valence-electron chi connectivity index (χ2n) is 4.30. The number of hydrogen-bond donors (Lipinski definition) is 2. The van der Waals surface area contributed by atoms with Crippen LogP contribution in [0.4, 0.5) is 11.5 Å². The van der Waals surface area contributed by atoms with Gasteiger partial charge in [-0.3, -0.25) is 0 Å². The number of fused-ring (bicyclic) bond motifs is 1. The zero-order valence-electron chi connectivity index (χ0n) is 10.8. The van der Waals surface area contributed by atoms with E-state index in [9.17, 15) is 4.79 Å². The van der Waals surface area contributed by atoms with Gasteiger partial charge in [-0.05, 0) is 25.1 Å². The van der Waals surface area contributed by atoms with Gasteiger partial charge >= 0.3 is 5.97 Å². The molecule has 1 aromatic carbocycles. The Balaban J connectivity index is 2.01. The van der Waals surface area contributed by atoms with E-state index in [0.717, 1.165) is 0 Å². The summed E-state index contributed by atoms with van der Waals surface area (Å²) < 4.78 is 5.06. The molecule has 0 fully saturated rings. The number of aryl methyl sites for hydroxylation is 1. The van der Waals surface area contributed by atoms with Crippen LogP contribution in [0.5, 0.6) is 0 Å². The first kappa shape index (κ1) is 13.3. The van der Waals surface area contributed by atoms with Crippen molar-refractivity contribution in [1.82, 2.24) is 15.1 Å². The Hall–Kier alpha value is -2.67. The third kappa shape index (κ3) is 2.38. The van der Waals surface area contributed by atoms with Gasteiger partial charge in [0.25, 0.3) is 5.71 Å². The molecule has 21 heavy (non-hydrogen) atoms. The summed E-state index contributed by atoms with van der Waals surface area (Å²) >= 11 is 5.93. The molecule has 0 unspecified atom stereocenters. The van der Waals surface area contributed by atoms with Crippen LogP contribution in [0.3, 0.4) is 0 Å². The summed E-state index contributed by atoms with van der Waals surface area (Å²) in [6.07, 6.45) is 1.35. The summed E-state index contributed by atoms with van der Waals surface area (Å²) in [5.41, 5.74) is 1.67. The first-order valence-electron chi connectivity index (χ1n) is 5.93. The molecular formula is C13H9ClN4O3. The van der Waals surface area contributed by atoms with Gasteiger partial charge in [0.1, 0.15) is 17.5 Å². The fourth-order valence-corrected chi connectivity index (χ4v) is 2.18. The van der Waals surface area contributed by atoms with Crippen LogP contribution in [0.1, 0.15) is 16.1 Å². The maximum atomic E-state index is 10.9. The van der Waals surface area contributed by atoms with Crippen molar-refractivity contribution in [2.75, 3.05) is 5.32 Å². The molecule has 2 heterocycles.